The van der Waals surface area contributed by atoms with Crippen LogP contribution in [0.5, 0.6) is 0 Å². The molecule has 74 valence electrons. The van der Waals surface area contributed by atoms with Crippen molar-refractivity contribution in [2.75, 3.05) is 13.2 Å². The minimum atomic E-state index is -0.0555. The Kier molecular flexibility index (Phi) is 3.03. The normalized spacial score (nSPS) is 20.3. The molecule has 0 aromatic rings. The molecule has 1 amide bonds. The lowest BCUT2D eigenvalue weighted by Crippen LogP contribution is -2.41. The minimum absolute atomic E-state index is 0.0181. The van der Waals surface area contributed by atoms with Crippen molar-refractivity contribution in [3.05, 3.63) is 0 Å². The summed E-state index contributed by atoms with van der Waals surface area (Å²) in [6.07, 6.45) is 1.75. The number of hydrogen-bond acceptors (Lipinski definition) is 3. The minimum Gasteiger partial charge on any atom is -0.379 e. The number of nitrogens with one attached hydrogen (secondary N) is 1. The summed E-state index contributed by atoms with van der Waals surface area (Å²) in [7, 11) is 0. The van der Waals surface area contributed by atoms with Gasteiger partial charge in [0, 0.05) is 12.1 Å². The first-order chi connectivity index (χ1) is 6.03. The van der Waals surface area contributed by atoms with Crippen LogP contribution in [0.1, 0.15) is 20.8 Å². The third kappa shape index (κ3) is 2.81. The number of hydrazone groups is 1. The molecule has 0 aromatic heterocycles. The second-order valence-corrected chi connectivity index (χ2v) is 4.04. The van der Waals surface area contributed by atoms with E-state index >= 15 is 0 Å². The van der Waals surface area contributed by atoms with Gasteiger partial charge in [-0.3, -0.25) is 4.79 Å². The van der Waals surface area contributed by atoms with Crippen LogP contribution in [-0.4, -0.2) is 25.3 Å². The quantitative estimate of drug-likeness (QED) is 0.520. The summed E-state index contributed by atoms with van der Waals surface area (Å²) in [5.41, 5.74) is 2.50. The molecule has 1 fully saturated rings. The molecular weight excluding hydrogens is 168 g/mol. The van der Waals surface area contributed by atoms with Crippen molar-refractivity contribution >= 4 is 12.1 Å². The number of amides is 1. The van der Waals surface area contributed by atoms with Crippen molar-refractivity contribution in [3.63, 3.8) is 0 Å². The second-order valence-electron chi connectivity index (χ2n) is 4.04. The SMILES string of the molecule is CC(C)C(=O)N/N=C/C1(C)COC1. The molecule has 1 aliphatic rings. The van der Waals surface area contributed by atoms with Crippen molar-refractivity contribution in [2.24, 2.45) is 16.4 Å². The number of ether oxygens (including phenoxy) is 1. The fraction of sp³-hybridized carbons (Fsp3) is 0.778. The van der Waals surface area contributed by atoms with Gasteiger partial charge in [0.05, 0.1) is 18.6 Å². The lowest BCUT2D eigenvalue weighted by atomic mass is 9.91. The van der Waals surface area contributed by atoms with Crippen molar-refractivity contribution in [1.29, 1.82) is 0 Å². The van der Waals surface area contributed by atoms with Crippen molar-refractivity contribution in [2.45, 2.75) is 20.8 Å². The smallest absolute Gasteiger partial charge is 0.242 e. The third-order valence-electron chi connectivity index (χ3n) is 1.94. The van der Waals surface area contributed by atoms with Crippen LogP contribution in [0.15, 0.2) is 5.10 Å². The lowest BCUT2D eigenvalue weighted by Gasteiger charge is -2.33. The maximum atomic E-state index is 11.1. The lowest BCUT2D eigenvalue weighted by molar-refractivity contribution is -0.124. The molecule has 1 aliphatic heterocycles. The van der Waals surface area contributed by atoms with Gasteiger partial charge in [0.2, 0.25) is 5.91 Å². The topological polar surface area (TPSA) is 50.7 Å². The van der Waals surface area contributed by atoms with Gasteiger partial charge in [-0.15, -0.1) is 0 Å². The van der Waals surface area contributed by atoms with E-state index in [1.165, 1.54) is 0 Å². The Balaban J connectivity index is 2.29. The van der Waals surface area contributed by atoms with E-state index in [0.717, 1.165) is 0 Å². The van der Waals surface area contributed by atoms with Gasteiger partial charge in [0.25, 0.3) is 0 Å². The summed E-state index contributed by atoms with van der Waals surface area (Å²) in [4.78, 5) is 11.1. The van der Waals surface area contributed by atoms with Crippen molar-refractivity contribution < 1.29 is 9.53 Å². The van der Waals surface area contributed by atoms with Crippen LogP contribution in [0, 0.1) is 11.3 Å². The summed E-state index contributed by atoms with van der Waals surface area (Å²) < 4.78 is 5.04. The standard InChI is InChI=1S/C9H16N2O2/c1-7(2)8(12)11-10-4-9(3)5-13-6-9/h4,7H,5-6H2,1-3H3,(H,11,12)/b10-4+. The summed E-state index contributed by atoms with van der Waals surface area (Å²) >= 11 is 0. The Morgan fingerprint density at radius 2 is 2.23 bits per heavy atom. The Morgan fingerprint density at radius 3 is 2.62 bits per heavy atom. The molecule has 1 rings (SSSR count). The zero-order valence-corrected chi connectivity index (χ0v) is 8.33. The Bertz CT molecular complexity index is 220. The van der Waals surface area contributed by atoms with Gasteiger partial charge in [0.1, 0.15) is 0 Å². The van der Waals surface area contributed by atoms with E-state index < -0.39 is 0 Å². The Labute approximate surface area is 78.3 Å². The number of rotatable bonds is 3. The van der Waals surface area contributed by atoms with Gasteiger partial charge < -0.3 is 4.74 Å². The summed E-state index contributed by atoms with van der Waals surface area (Å²) in [5.74, 6) is -0.0808. The van der Waals surface area contributed by atoms with E-state index in [-0.39, 0.29) is 17.2 Å². The van der Waals surface area contributed by atoms with E-state index in [4.69, 9.17) is 4.74 Å². The number of hydrogen-bond donors (Lipinski definition) is 1. The van der Waals surface area contributed by atoms with Gasteiger partial charge in [-0.25, -0.2) is 5.43 Å². The molecule has 0 spiro atoms. The molecule has 4 nitrogen and oxygen atoms in total. The molecule has 0 unspecified atom stereocenters. The molecule has 4 heteroatoms. The maximum Gasteiger partial charge on any atom is 0.242 e. The molecule has 1 heterocycles. The highest BCUT2D eigenvalue weighted by atomic mass is 16.5. The summed E-state index contributed by atoms with van der Waals surface area (Å²) in [5, 5.41) is 3.88. The predicted octanol–water partition coefficient (Wildman–Crippen LogP) is 0.781. The zero-order chi connectivity index (χ0) is 9.90. The van der Waals surface area contributed by atoms with Crippen LogP contribution in [-0.2, 0) is 9.53 Å². The molecule has 0 aliphatic carbocycles. The summed E-state index contributed by atoms with van der Waals surface area (Å²) in [6.45, 7) is 7.08. The highest BCUT2D eigenvalue weighted by Gasteiger charge is 2.31. The fourth-order valence-corrected chi connectivity index (χ4v) is 0.879. The number of nitrogens with zero attached hydrogens (tertiary/aromatic N) is 1. The van der Waals surface area contributed by atoms with E-state index in [1.54, 1.807) is 6.21 Å². The maximum absolute atomic E-state index is 11.1. The molecule has 1 saturated heterocycles. The molecule has 13 heavy (non-hydrogen) atoms. The number of carbonyl (C=O) groups is 1. The van der Waals surface area contributed by atoms with Gasteiger partial charge >= 0.3 is 0 Å². The van der Waals surface area contributed by atoms with E-state index in [0.29, 0.717) is 13.2 Å². The van der Waals surface area contributed by atoms with Crippen LogP contribution in [0.3, 0.4) is 0 Å². The average Bonchev–Trinajstić information content (AvgIpc) is 2.01. The zero-order valence-electron chi connectivity index (χ0n) is 8.33. The first-order valence-electron chi connectivity index (χ1n) is 4.45. The van der Waals surface area contributed by atoms with Gasteiger partial charge in [-0.05, 0) is 0 Å². The Hall–Kier alpha value is -0.900. The van der Waals surface area contributed by atoms with E-state index in [2.05, 4.69) is 10.5 Å². The average molecular weight is 184 g/mol. The van der Waals surface area contributed by atoms with Crippen LogP contribution < -0.4 is 5.43 Å². The van der Waals surface area contributed by atoms with E-state index in [9.17, 15) is 4.79 Å². The Morgan fingerprint density at radius 1 is 1.62 bits per heavy atom. The van der Waals surface area contributed by atoms with Crippen molar-refractivity contribution in [3.8, 4) is 0 Å². The molecule has 0 saturated carbocycles. The summed E-state index contributed by atoms with van der Waals surface area (Å²) in [6, 6.07) is 0. The van der Waals surface area contributed by atoms with Crippen LogP contribution in [0.25, 0.3) is 0 Å². The van der Waals surface area contributed by atoms with Gasteiger partial charge in [-0.2, -0.15) is 5.10 Å². The number of carbonyl (C=O) groups excluding carboxylic acids is 1. The fourth-order valence-electron chi connectivity index (χ4n) is 0.879. The van der Waals surface area contributed by atoms with Crippen LogP contribution >= 0.6 is 0 Å². The van der Waals surface area contributed by atoms with Crippen LogP contribution in [0.4, 0.5) is 0 Å². The van der Waals surface area contributed by atoms with Gasteiger partial charge in [-0.1, -0.05) is 20.8 Å². The third-order valence-corrected chi connectivity index (χ3v) is 1.94. The highest BCUT2D eigenvalue weighted by molar-refractivity contribution is 5.79. The van der Waals surface area contributed by atoms with Crippen molar-refractivity contribution in [1.82, 2.24) is 5.43 Å². The first kappa shape index (κ1) is 10.2. The van der Waals surface area contributed by atoms with Crippen LogP contribution in [0.2, 0.25) is 0 Å². The highest BCUT2D eigenvalue weighted by Crippen LogP contribution is 2.23. The molecule has 0 radical (unpaired) electrons. The molecule has 0 atom stereocenters. The molecule has 1 N–H and O–H groups in total. The second kappa shape index (κ2) is 3.87. The molecule has 0 aromatic carbocycles. The first-order valence-corrected chi connectivity index (χ1v) is 4.45. The van der Waals surface area contributed by atoms with E-state index in [1.807, 2.05) is 20.8 Å². The largest absolute Gasteiger partial charge is 0.379 e. The molecular formula is C9H16N2O2. The monoisotopic (exact) mass is 184 g/mol. The predicted molar refractivity (Wildman–Crippen MR) is 50.4 cm³/mol. The molecule has 0 bridgehead atoms. The van der Waals surface area contributed by atoms with Gasteiger partial charge in [0.15, 0.2) is 0 Å².